The summed E-state index contributed by atoms with van der Waals surface area (Å²) in [5.74, 6) is 0.255. The fraction of sp³-hybridized carbons (Fsp3) is 0.792. The fourth-order valence-corrected chi connectivity index (χ4v) is 4.29. The lowest BCUT2D eigenvalue weighted by molar-refractivity contribution is -0.150. The Bertz CT molecular complexity index is 582. The molecule has 5 nitrogen and oxygen atoms in total. The molecule has 1 fully saturated rings. The molecule has 6 atom stereocenters. The van der Waals surface area contributed by atoms with E-state index in [0.29, 0.717) is 19.3 Å². The van der Waals surface area contributed by atoms with Crippen LogP contribution in [0.3, 0.4) is 0 Å². The largest absolute Gasteiger partial charge is 0.462 e. The van der Waals surface area contributed by atoms with E-state index in [1.165, 1.54) is 13.8 Å². The van der Waals surface area contributed by atoms with Crippen LogP contribution in [-0.2, 0) is 23.9 Å². The highest BCUT2D eigenvalue weighted by Gasteiger charge is 2.29. The lowest BCUT2D eigenvalue weighted by atomic mass is 9.81. The quantitative estimate of drug-likeness (QED) is 0.470. The average molecular weight is 409 g/mol. The van der Waals surface area contributed by atoms with Crippen LogP contribution in [0.1, 0.15) is 86.5 Å². The number of carbonyl (C=O) groups is 3. The summed E-state index contributed by atoms with van der Waals surface area (Å²) in [6, 6.07) is 0. The SMILES string of the molecule is C=C(C)[C@@H]1CC[C@@H](C)[C@H](OC(C)=O)CC[C@@H](C)CC(=O)C[C@@H](C)[C@H](OC(C)=O)C1. The van der Waals surface area contributed by atoms with Crippen molar-refractivity contribution in [3.63, 3.8) is 0 Å². The van der Waals surface area contributed by atoms with Crippen LogP contribution in [0.25, 0.3) is 0 Å². The molecule has 5 heteroatoms. The van der Waals surface area contributed by atoms with Crippen LogP contribution in [0.15, 0.2) is 12.2 Å². The molecule has 0 saturated heterocycles. The van der Waals surface area contributed by atoms with Crippen LogP contribution in [0, 0.1) is 23.7 Å². The summed E-state index contributed by atoms with van der Waals surface area (Å²) >= 11 is 0. The molecule has 0 spiro atoms. The van der Waals surface area contributed by atoms with Gasteiger partial charge < -0.3 is 9.47 Å². The van der Waals surface area contributed by atoms with Crippen molar-refractivity contribution in [2.75, 3.05) is 0 Å². The van der Waals surface area contributed by atoms with Gasteiger partial charge in [-0.15, -0.1) is 0 Å². The van der Waals surface area contributed by atoms with E-state index in [-0.39, 0.29) is 53.6 Å². The normalized spacial score (nSPS) is 32.7. The Morgan fingerprint density at radius 1 is 0.828 bits per heavy atom. The van der Waals surface area contributed by atoms with Gasteiger partial charge in [0.1, 0.15) is 18.0 Å². The van der Waals surface area contributed by atoms with E-state index in [9.17, 15) is 14.4 Å². The number of ketones is 1. The first kappa shape index (κ1) is 25.4. The zero-order chi connectivity index (χ0) is 22.1. The topological polar surface area (TPSA) is 69.7 Å². The predicted molar refractivity (Wildman–Crippen MR) is 114 cm³/mol. The first-order valence-corrected chi connectivity index (χ1v) is 11.0. The molecule has 166 valence electrons. The van der Waals surface area contributed by atoms with Gasteiger partial charge in [-0.1, -0.05) is 32.9 Å². The second-order valence-corrected chi connectivity index (χ2v) is 9.24. The Morgan fingerprint density at radius 2 is 1.41 bits per heavy atom. The Hall–Kier alpha value is -1.65. The minimum Gasteiger partial charge on any atom is -0.462 e. The number of esters is 2. The summed E-state index contributed by atoms with van der Waals surface area (Å²) in [5, 5.41) is 0. The van der Waals surface area contributed by atoms with Gasteiger partial charge in [0.25, 0.3) is 0 Å². The molecule has 0 amide bonds. The van der Waals surface area contributed by atoms with Gasteiger partial charge in [0.05, 0.1) is 0 Å². The van der Waals surface area contributed by atoms with Crippen LogP contribution >= 0.6 is 0 Å². The van der Waals surface area contributed by atoms with Crippen molar-refractivity contribution in [3.8, 4) is 0 Å². The van der Waals surface area contributed by atoms with E-state index in [0.717, 1.165) is 31.3 Å². The lowest BCUT2D eigenvalue weighted by Crippen LogP contribution is -2.31. The fourth-order valence-electron chi connectivity index (χ4n) is 4.29. The maximum atomic E-state index is 12.6. The molecular formula is C24H40O5. The molecular weight excluding hydrogens is 368 g/mol. The van der Waals surface area contributed by atoms with Crippen molar-refractivity contribution in [1.29, 1.82) is 0 Å². The first-order chi connectivity index (χ1) is 13.5. The third kappa shape index (κ3) is 9.60. The van der Waals surface area contributed by atoms with Gasteiger partial charge in [0, 0.05) is 32.6 Å². The summed E-state index contributed by atoms with van der Waals surface area (Å²) < 4.78 is 11.2. The van der Waals surface area contributed by atoms with Crippen LogP contribution in [0.5, 0.6) is 0 Å². The number of carbonyl (C=O) groups excluding carboxylic acids is 3. The Balaban J connectivity index is 3.07. The number of hydrogen-bond acceptors (Lipinski definition) is 5. The minimum absolute atomic E-state index is 0.0189. The van der Waals surface area contributed by atoms with Crippen LogP contribution < -0.4 is 0 Å². The van der Waals surface area contributed by atoms with Crippen LogP contribution in [0.4, 0.5) is 0 Å². The van der Waals surface area contributed by atoms with Gasteiger partial charge in [0.2, 0.25) is 0 Å². The molecule has 0 N–H and O–H groups in total. The third-order valence-electron chi connectivity index (χ3n) is 6.16. The van der Waals surface area contributed by atoms with Crippen molar-refractivity contribution >= 4 is 17.7 Å². The van der Waals surface area contributed by atoms with E-state index < -0.39 is 0 Å². The Labute approximate surface area is 176 Å². The van der Waals surface area contributed by atoms with Crippen molar-refractivity contribution in [3.05, 3.63) is 12.2 Å². The van der Waals surface area contributed by atoms with Crippen molar-refractivity contribution < 1.29 is 23.9 Å². The number of hydrogen-bond donors (Lipinski definition) is 0. The highest BCUT2D eigenvalue weighted by atomic mass is 16.5. The highest BCUT2D eigenvalue weighted by Crippen LogP contribution is 2.32. The molecule has 1 aliphatic rings. The van der Waals surface area contributed by atoms with E-state index >= 15 is 0 Å². The zero-order valence-electron chi connectivity index (χ0n) is 19.2. The Morgan fingerprint density at radius 3 is 1.97 bits per heavy atom. The van der Waals surface area contributed by atoms with Gasteiger partial charge in [-0.3, -0.25) is 14.4 Å². The maximum absolute atomic E-state index is 12.6. The van der Waals surface area contributed by atoms with E-state index in [2.05, 4.69) is 20.4 Å². The molecule has 0 radical (unpaired) electrons. The molecule has 1 aliphatic carbocycles. The zero-order valence-corrected chi connectivity index (χ0v) is 19.2. The number of allylic oxidation sites excluding steroid dienone is 1. The molecule has 0 aromatic rings. The summed E-state index contributed by atoms with van der Waals surface area (Å²) in [6.45, 7) is 15.2. The second kappa shape index (κ2) is 12.1. The van der Waals surface area contributed by atoms with Gasteiger partial charge in [-0.05, 0) is 56.8 Å². The van der Waals surface area contributed by atoms with Gasteiger partial charge in [0.15, 0.2) is 0 Å². The molecule has 1 saturated carbocycles. The van der Waals surface area contributed by atoms with E-state index in [4.69, 9.17) is 9.47 Å². The molecule has 1 rings (SSSR count). The summed E-state index contributed by atoms with van der Waals surface area (Å²) in [7, 11) is 0. The highest BCUT2D eigenvalue weighted by molar-refractivity contribution is 5.79. The van der Waals surface area contributed by atoms with Gasteiger partial charge in [-0.2, -0.15) is 0 Å². The van der Waals surface area contributed by atoms with Gasteiger partial charge >= 0.3 is 11.9 Å². The monoisotopic (exact) mass is 408 g/mol. The predicted octanol–water partition coefficient (Wildman–Crippen LogP) is 5.26. The van der Waals surface area contributed by atoms with Crippen molar-refractivity contribution in [2.45, 2.75) is 98.7 Å². The molecule has 0 unspecified atom stereocenters. The second-order valence-electron chi connectivity index (χ2n) is 9.24. The molecule has 0 aromatic heterocycles. The van der Waals surface area contributed by atoms with Crippen molar-refractivity contribution in [2.24, 2.45) is 23.7 Å². The van der Waals surface area contributed by atoms with Crippen LogP contribution in [-0.4, -0.2) is 29.9 Å². The Kier molecular flexibility index (Phi) is 10.6. The smallest absolute Gasteiger partial charge is 0.302 e. The molecule has 0 aromatic carbocycles. The third-order valence-corrected chi connectivity index (χ3v) is 6.16. The molecule has 0 heterocycles. The average Bonchev–Trinajstić information content (AvgIpc) is 2.58. The van der Waals surface area contributed by atoms with Gasteiger partial charge in [-0.25, -0.2) is 0 Å². The molecule has 29 heavy (non-hydrogen) atoms. The minimum atomic E-state index is -0.312. The summed E-state index contributed by atoms with van der Waals surface area (Å²) in [4.78, 5) is 35.8. The van der Waals surface area contributed by atoms with E-state index in [1.54, 1.807) is 0 Å². The first-order valence-electron chi connectivity index (χ1n) is 11.0. The van der Waals surface area contributed by atoms with E-state index in [1.807, 2.05) is 13.8 Å². The lowest BCUT2D eigenvalue weighted by Gasteiger charge is -2.31. The maximum Gasteiger partial charge on any atom is 0.302 e. The number of ether oxygens (including phenoxy) is 2. The van der Waals surface area contributed by atoms with Crippen molar-refractivity contribution in [1.82, 2.24) is 0 Å². The number of rotatable bonds is 3. The van der Waals surface area contributed by atoms with Crippen LogP contribution in [0.2, 0.25) is 0 Å². The summed E-state index contributed by atoms with van der Waals surface area (Å²) in [5.41, 5.74) is 1.05. The summed E-state index contributed by atoms with van der Waals surface area (Å²) in [6.07, 6.45) is 4.57. The number of Topliss-reactive ketones (excluding diaryl/α,β-unsaturated/α-hetero) is 1. The molecule has 0 aliphatic heterocycles. The molecule has 0 bridgehead atoms. The standard InChI is InChI=1S/C24H40O5/c1-15(2)21-10-9-17(4)23(28-19(6)25)11-8-16(3)12-22(27)13-18(5)24(14-21)29-20(7)26/h16-18,21,23-24H,1,8-14H2,2-7H3/t16-,17-,18-,21-,23-,24-/m1/s1.